The molecule has 0 spiro atoms. The molecule has 140 valence electrons. The minimum absolute atomic E-state index is 0.0329. The van der Waals surface area contributed by atoms with Gasteiger partial charge < -0.3 is 11.1 Å². The van der Waals surface area contributed by atoms with Gasteiger partial charge in [0.1, 0.15) is 29.0 Å². The number of carbonyl (C=O) groups is 1. The highest BCUT2D eigenvalue weighted by Gasteiger charge is 2.18. The van der Waals surface area contributed by atoms with E-state index in [0.29, 0.717) is 15.2 Å². The lowest BCUT2D eigenvalue weighted by atomic mass is 10.3. The fourth-order valence-electron chi connectivity index (χ4n) is 2.25. The smallest absolute Gasteiger partial charge is 0.247 e. The van der Waals surface area contributed by atoms with Crippen LogP contribution in [0.25, 0.3) is 10.2 Å². The Labute approximate surface area is 162 Å². The number of nitriles is 1. The molecule has 0 fully saturated rings. The van der Waals surface area contributed by atoms with E-state index in [1.807, 2.05) is 6.07 Å². The second kappa shape index (κ2) is 7.16. The topological polar surface area (TPSA) is 170 Å². The molecule has 13 heteroatoms. The number of nitrogens with zero attached hydrogens (tertiary/aromatic N) is 4. The maximum absolute atomic E-state index is 12.3. The molecule has 0 bridgehead atoms. The Hall–Kier alpha value is -2.66. The third kappa shape index (κ3) is 3.88. The number of fused-ring (bicyclic) bond motifs is 1. The maximum atomic E-state index is 12.3. The van der Waals surface area contributed by atoms with Gasteiger partial charge in [-0.3, -0.25) is 4.79 Å². The number of nitrogens with one attached hydrogen (secondary N) is 1. The van der Waals surface area contributed by atoms with Crippen LogP contribution in [0.5, 0.6) is 0 Å². The number of nitrogen functional groups attached to an aromatic ring is 1. The van der Waals surface area contributed by atoms with Crippen molar-refractivity contribution in [2.45, 2.75) is 16.5 Å². The number of primary sulfonamides is 1. The highest BCUT2D eigenvalue weighted by Crippen LogP contribution is 2.28. The Morgan fingerprint density at radius 1 is 1.48 bits per heavy atom. The second-order valence-electron chi connectivity index (χ2n) is 5.28. The molecule has 2 aromatic heterocycles. The number of thiazole rings is 1. The first-order chi connectivity index (χ1) is 12.7. The first kappa shape index (κ1) is 19.1. The van der Waals surface area contributed by atoms with E-state index in [0.717, 1.165) is 11.3 Å². The first-order valence-electron chi connectivity index (χ1n) is 7.26. The van der Waals surface area contributed by atoms with Crippen molar-refractivity contribution in [3.05, 3.63) is 23.8 Å². The van der Waals surface area contributed by atoms with Gasteiger partial charge in [-0.2, -0.15) is 10.4 Å². The van der Waals surface area contributed by atoms with Gasteiger partial charge in [0.2, 0.25) is 15.9 Å². The van der Waals surface area contributed by atoms with Crippen LogP contribution in [0.15, 0.2) is 28.1 Å². The lowest BCUT2D eigenvalue weighted by Crippen LogP contribution is -2.20. The van der Waals surface area contributed by atoms with Crippen LogP contribution in [-0.2, 0) is 21.4 Å². The average molecular weight is 424 g/mol. The van der Waals surface area contributed by atoms with Crippen molar-refractivity contribution in [3.63, 3.8) is 0 Å². The summed E-state index contributed by atoms with van der Waals surface area (Å²) < 4.78 is 24.6. The first-order valence-corrected chi connectivity index (χ1v) is 10.8. The van der Waals surface area contributed by atoms with E-state index in [9.17, 15) is 13.2 Å². The monoisotopic (exact) mass is 423 g/mol. The summed E-state index contributed by atoms with van der Waals surface area (Å²) >= 11 is 2.36. The summed E-state index contributed by atoms with van der Waals surface area (Å²) in [4.78, 5) is 16.5. The van der Waals surface area contributed by atoms with E-state index in [1.165, 1.54) is 34.6 Å². The van der Waals surface area contributed by atoms with Gasteiger partial charge in [0.25, 0.3) is 0 Å². The minimum atomic E-state index is -3.82. The van der Waals surface area contributed by atoms with Gasteiger partial charge in [-0.15, -0.1) is 11.8 Å². The summed E-state index contributed by atoms with van der Waals surface area (Å²) in [5.74, 6) is -0.328. The number of rotatable bonds is 5. The van der Waals surface area contributed by atoms with E-state index in [2.05, 4.69) is 15.4 Å². The van der Waals surface area contributed by atoms with Gasteiger partial charge in [0, 0.05) is 0 Å². The molecule has 2 heterocycles. The van der Waals surface area contributed by atoms with E-state index in [4.69, 9.17) is 16.1 Å². The number of nitrogens with two attached hydrogens (primary N) is 2. The van der Waals surface area contributed by atoms with Crippen molar-refractivity contribution >= 4 is 60.2 Å². The van der Waals surface area contributed by atoms with Crippen molar-refractivity contribution in [1.29, 1.82) is 5.26 Å². The van der Waals surface area contributed by atoms with Gasteiger partial charge in [-0.1, -0.05) is 11.3 Å². The molecule has 1 aromatic carbocycles. The number of hydrogen-bond donors (Lipinski definition) is 3. The minimum Gasteiger partial charge on any atom is -0.383 e. The summed E-state index contributed by atoms with van der Waals surface area (Å²) in [5, 5.41) is 21.7. The fraction of sp³-hybridized carbons (Fsp3) is 0.143. The Kier molecular flexibility index (Phi) is 5.07. The Morgan fingerprint density at radius 3 is 2.81 bits per heavy atom. The standard InChI is InChI=1S/C14H13N7O3S3/c1-25-13-8(5-15)12(16)21(20-13)6-11(22)19-14-18-9-3-2-7(27(17,23)24)4-10(9)26-14/h2-4H,6,16H2,1H3,(H2,17,23,24)(H,18,19,22). The normalized spacial score (nSPS) is 11.4. The Morgan fingerprint density at radius 2 is 2.22 bits per heavy atom. The van der Waals surface area contributed by atoms with Crippen LogP contribution in [0.2, 0.25) is 0 Å². The predicted molar refractivity (Wildman–Crippen MR) is 103 cm³/mol. The van der Waals surface area contributed by atoms with Crippen LogP contribution < -0.4 is 16.2 Å². The summed E-state index contributed by atoms with van der Waals surface area (Å²) in [6.45, 7) is -0.195. The van der Waals surface area contributed by atoms with Crippen molar-refractivity contribution in [3.8, 4) is 6.07 Å². The highest BCUT2D eigenvalue weighted by molar-refractivity contribution is 7.98. The van der Waals surface area contributed by atoms with E-state index in [1.54, 1.807) is 6.26 Å². The van der Waals surface area contributed by atoms with Gasteiger partial charge in [0.15, 0.2) is 5.13 Å². The van der Waals surface area contributed by atoms with E-state index in [-0.39, 0.29) is 28.0 Å². The van der Waals surface area contributed by atoms with Crippen LogP contribution in [0.1, 0.15) is 5.56 Å². The van der Waals surface area contributed by atoms with Crippen molar-refractivity contribution < 1.29 is 13.2 Å². The third-order valence-electron chi connectivity index (χ3n) is 3.49. The molecule has 3 aromatic rings. The molecule has 0 unspecified atom stereocenters. The zero-order valence-corrected chi connectivity index (χ0v) is 16.3. The quantitative estimate of drug-likeness (QED) is 0.509. The fourth-order valence-corrected chi connectivity index (χ4v) is 4.32. The van der Waals surface area contributed by atoms with Gasteiger partial charge >= 0.3 is 0 Å². The van der Waals surface area contributed by atoms with Crippen LogP contribution >= 0.6 is 23.1 Å². The number of thioether (sulfide) groups is 1. The predicted octanol–water partition coefficient (Wildman–Crippen LogP) is 0.955. The number of hydrogen-bond acceptors (Lipinski definition) is 9. The lowest BCUT2D eigenvalue weighted by molar-refractivity contribution is -0.116. The van der Waals surface area contributed by atoms with Gasteiger partial charge in [-0.25, -0.2) is 23.2 Å². The maximum Gasteiger partial charge on any atom is 0.247 e. The average Bonchev–Trinajstić information content (AvgIpc) is 3.13. The van der Waals surface area contributed by atoms with Gasteiger partial charge in [-0.05, 0) is 24.5 Å². The Bertz CT molecular complexity index is 1190. The molecule has 0 aliphatic heterocycles. The van der Waals surface area contributed by atoms with Crippen molar-refractivity contribution in [2.24, 2.45) is 5.14 Å². The summed E-state index contributed by atoms with van der Waals surface area (Å²) in [6.07, 6.45) is 1.75. The molecular formula is C14H13N7O3S3. The van der Waals surface area contributed by atoms with Crippen LogP contribution in [0.4, 0.5) is 10.9 Å². The van der Waals surface area contributed by atoms with E-state index < -0.39 is 15.9 Å². The van der Waals surface area contributed by atoms with Crippen molar-refractivity contribution in [1.82, 2.24) is 14.8 Å². The molecule has 0 radical (unpaired) electrons. The molecule has 3 rings (SSSR count). The van der Waals surface area contributed by atoms with Crippen LogP contribution in [0, 0.1) is 11.3 Å². The molecule has 0 aliphatic rings. The number of anilines is 2. The van der Waals surface area contributed by atoms with Crippen LogP contribution in [0.3, 0.4) is 0 Å². The van der Waals surface area contributed by atoms with Gasteiger partial charge in [0.05, 0.1) is 15.1 Å². The largest absolute Gasteiger partial charge is 0.383 e. The zero-order chi connectivity index (χ0) is 19.8. The third-order valence-corrected chi connectivity index (χ3v) is 6.01. The molecule has 27 heavy (non-hydrogen) atoms. The number of sulfonamides is 1. The summed E-state index contributed by atoms with van der Waals surface area (Å²) in [5.41, 5.74) is 6.61. The molecular weight excluding hydrogens is 410 g/mol. The summed E-state index contributed by atoms with van der Waals surface area (Å²) in [7, 11) is -3.82. The van der Waals surface area contributed by atoms with E-state index >= 15 is 0 Å². The number of aromatic nitrogens is 3. The highest BCUT2D eigenvalue weighted by atomic mass is 32.2. The molecule has 1 amide bonds. The molecule has 0 saturated heterocycles. The molecule has 0 atom stereocenters. The molecule has 5 N–H and O–H groups in total. The second-order valence-corrected chi connectivity index (χ2v) is 8.67. The number of carbonyl (C=O) groups excluding carboxylic acids is 1. The van der Waals surface area contributed by atoms with Crippen LogP contribution in [-0.4, -0.2) is 35.3 Å². The Balaban J connectivity index is 1.80. The lowest BCUT2D eigenvalue weighted by Gasteiger charge is -2.03. The SMILES string of the molecule is CSc1nn(CC(=O)Nc2nc3ccc(S(N)(=O)=O)cc3s2)c(N)c1C#N. The number of amides is 1. The summed E-state index contributed by atoms with van der Waals surface area (Å²) in [6, 6.07) is 6.22. The zero-order valence-electron chi connectivity index (χ0n) is 13.8. The molecule has 0 saturated carbocycles. The molecule has 10 nitrogen and oxygen atoms in total. The molecule has 0 aliphatic carbocycles. The number of benzene rings is 1. The van der Waals surface area contributed by atoms with Crippen molar-refractivity contribution in [2.75, 3.05) is 17.3 Å².